The Balaban J connectivity index is 1.34. The second-order valence-electron chi connectivity index (χ2n) is 7.25. The number of guanidine groups is 1. The number of nitrogens with one attached hydrogen (secondary N) is 1. The average Bonchev–Trinajstić information content (AvgIpc) is 2.81. The van der Waals surface area contributed by atoms with Gasteiger partial charge in [0, 0.05) is 24.0 Å². The van der Waals surface area contributed by atoms with Crippen molar-refractivity contribution in [3.63, 3.8) is 0 Å². The molecule has 0 atom stereocenters. The van der Waals surface area contributed by atoms with Crippen LogP contribution in [0.15, 0.2) is 113 Å². The Bertz CT molecular complexity index is 1250. The van der Waals surface area contributed by atoms with Gasteiger partial charge < -0.3 is 20.4 Å². The van der Waals surface area contributed by atoms with E-state index in [0.717, 1.165) is 22.6 Å². The van der Waals surface area contributed by atoms with Crippen molar-refractivity contribution in [2.75, 3.05) is 5.32 Å². The van der Waals surface area contributed by atoms with Crippen molar-refractivity contribution in [1.29, 1.82) is 0 Å². The van der Waals surface area contributed by atoms with E-state index in [1.807, 2.05) is 84.9 Å². The molecule has 6 nitrogen and oxygen atoms in total. The van der Waals surface area contributed by atoms with Crippen molar-refractivity contribution >= 4 is 11.6 Å². The number of aliphatic imine (C=N–C) groups is 1. The molecule has 0 fully saturated rings. The third-order valence-corrected chi connectivity index (χ3v) is 4.79. The predicted octanol–water partition coefficient (Wildman–Crippen LogP) is 4.62. The van der Waals surface area contributed by atoms with Gasteiger partial charge in [-0.25, -0.2) is 4.99 Å². The predicted molar refractivity (Wildman–Crippen MR) is 128 cm³/mol. The van der Waals surface area contributed by atoms with Gasteiger partial charge in [-0.05, 0) is 41.5 Å². The topological polar surface area (TPSA) is 81.6 Å². The molecule has 4 rings (SSSR count). The van der Waals surface area contributed by atoms with Crippen LogP contribution in [0.4, 0.5) is 5.69 Å². The number of nitrogens with zero attached hydrogens (tertiary/aromatic N) is 2. The van der Waals surface area contributed by atoms with Gasteiger partial charge in [-0.2, -0.15) is 0 Å². The summed E-state index contributed by atoms with van der Waals surface area (Å²) < 4.78 is 7.52. The minimum Gasteiger partial charge on any atom is -0.457 e. The van der Waals surface area contributed by atoms with Crippen molar-refractivity contribution in [3.05, 3.63) is 125 Å². The summed E-state index contributed by atoms with van der Waals surface area (Å²) in [5.74, 6) is 1.80. The molecule has 0 aliphatic rings. The molecule has 0 unspecified atom stereocenters. The smallest absolute Gasteiger partial charge is 0.250 e. The highest BCUT2D eigenvalue weighted by atomic mass is 16.5. The van der Waals surface area contributed by atoms with Crippen molar-refractivity contribution in [2.24, 2.45) is 10.7 Å². The Morgan fingerprint density at radius 2 is 1.56 bits per heavy atom. The summed E-state index contributed by atoms with van der Waals surface area (Å²) in [6, 6.07) is 30.3. The zero-order valence-corrected chi connectivity index (χ0v) is 17.5. The van der Waals surface area contributed by atoms with Crippen molar-refractivity contribution in [3.8, 4) is 11.5 Å². The number of ether oxygens (including phenoxy) is 1. The third-order valence-electron chi connectivity index (χ3n) is 4.79. The van der Waals surface area contributed by atoms with E-state index in [1.165, 1.54) is 0 Å². The number of rotatable bonds is 7. The standard InChI is InChI=1S/C26H24N4O2/c27-26(29-22-7-6-10-24(17-22)32-23-8-2-1-3-9-23)28-18-20-12-14-21(15-13-20)19-30-16-5-4-11-25(30)31/h1-17H,18-19H2,(H3,27,28,29). The van der Waals surface area contributed by atoms with E-state index >= 15 is 0 Å². The largest absolute Gasteiger partial charge is 0.457 e. The fourth-order valence-corrected chi connectivity index (χ4v) is 3.16. The van der Waals surface area contributed by atoms with E-state index < -0.39 is 0 Å². The van der Waals surface area contributed by atoms with E-state index in [-0.39, 0.29) is 5.56 Å². The summed E-state index contributed by atoms with van der Waals surface area (Å²) in [5.41, 5.74) is 8.92. The lowest BCUT2D eigenvalue weighted by Gasteiger charge is -2.09. The molecule has 160 valence electrons. The Morgan fingerprint density at radius 1 is 0.844 bits per heavy atom. The first-order valence-electron chi connectivity index (χ1n) is 10.3. The molecule has 0 aliphatic carbocycles. The van der Waals surface area contributed by atoms with E-state index in [9.17, 15) is 4.79 Å². The molecule has 1 aromatic heterocycles. The van der Waals surface area contributed by atoms with E-state index in [2.05, 4.69) is 10.3 Å². The molecule has 32 heavy (non-hydrogen) atoms. The van der Waals surface area contributed by atoms with Crippen molar-refractivity contribution < 1.29 is 4.74 Å². The maximum Gasteiger partial charge on any atom is 0.250 e. The van der Waals surface area contributed by atoms with Gasteiger partial charge >= 0.3 is 0 Å². The highest BCUT2D eigenvalue weighted by molar-refractivity contribution is 5.92. The monoisotopic (exact) mass is 424 g/mol. The molecule has 1 heterocycles. The molecule has 3 aromatic carbocycles. The molecular formula is C26H24N4O2. The van der Waals surface area contributed by atoms with Crippen LogP contribution in [0, 0.1) is 0 Å². The Labute approximate surface area is 186 Å². The molecule has 0 spiro atoms. The van der Waals surface area contributed by atoms with Crippen LogP contribution in [0.3, 0.4) is 0 Å². The van der Waals surface area contributed by atoms with Crippen LogP contribution in [0.5, 0.6) is 11.5 Å². The number of hydrogen-bond acceptors (Lipinski definition) is 3. The number of hydrogen-bond donors (Lipinski definition) is 2. The number of para-hydroxylation sites is 1. The van der Waals surface area contributed by atoms with Gasteiger partial charge in [-0.15, -0.1) is 0 Å². The Morgan fingerprint density at radius 3 is 2.34 bits per heavy atom. The average molecular weight is 425 g/mol. The summed E-state index contributed by atoms with van der Waals surface area (Å²) in [6.07, 6.45) is 1.78. The van der Waals surface area contributed by atoms with Crippen molar-refractivity contribution in [1.82, 2.24) is 4.57 Å². The number of aromatic nitrogens is 1. The second kappa shape index (κ2) is 10.1. The van der Waals surface area contributed by atoms with E-state index in [0.29, 0.717) is 24.8 Å². The van der Waals surface area contributed by atoms with Crippen molar-refractivity contribution in [2.45, 2.75) is 13.1 Å². The first-order valence-corrected chi connectivity index (χ1v) is 10.3. The second-order valence-corrected chi connectivity index (χ2v) is 7.25. The van der Waals surface area contributed by atoms with Gasteiger partial charge in [0.2, 0.25) is 0 Å². The Hall–Kier alpha value is -4.32. The summed E-state index contributed by atoms with van der Waals surface area (Å²) in [5, 5.41) is 3.10. The number of benzene rings is 3. The van der Waals surface area contributed by atoms with Crippen LogP contribution < -0.4 is 21.3 Å². The van der Waals surface area contributed by atoms with Gasteiger partial charge in [0.25, 0.3) is 5.56 Å². The molecule has 3 N–H and O–H groups in total. The molecule has 4 aromatic rings. The number of nitrogens with two attached hydrogens (primary N) is 1. The highest BCUT2D eigenvalue weighted by Crippen LogP contribution is 2.23. The number of anilines is 1. The molecule has 0 radical (unpaired) electrons. The lowest BCUT2D eigenvalue weighted by molar-refractivity contribution is 0.483. The molecule has 0 saturated carbocycles. The zero-order chi connectivity index (χ0) is 22.2. The Kier molecular flexibility index (Phi) is 6.63. The van der Waals surface area contributed by atoms with Crippen LogP contribution in [0.25, 0.3) is 0 Å². The highest BCUT2D eigenvalue weighted by Gasteiger charge is 2.01. The van der Waals surface area contributed by atoms with Gasteiger partial charge in [-0.3, -0.25) is 4.79 Å². The first kappa shape index (κ1) is 20.9. The minimum absolute atomic E-state index is 0.0155. The molecule has 6 heteroatoms. The summed E-state index contributed by atoms with van der Waals surface area (Å²) >= 11 is 0. The van der Waals surface area contributed by atoms with Gasteiger partial charge in [0.1, 0.15) is 11.5 Å². The van der Waals surface area contributed by atoms with Gasteiger partial charge in [0.15, 0.2) is 5.96 Å². The maximum atomic E-state index is 11.8. The molecular weight excluding hydrogens is 400 g/mol. The lowest BCUT2D eigenvalue weighted by atomic mass is 10.1. The zero-order valence-electron chi connectivity index (χ0n) is 17.5. The quantitative estimate of drug-likeness (QED) is 0.335. The van der Waals surface area contributed by atoms with Crippen LogP contribution in [-0.4, -0.2) is 10.5 Å². The lowest BCUT2D eigenvalue weighted by Crippen LogP contribution is -2.22. The van der Waals surface area contributed by atoms with Gasteiger partial charge in [0.05, 0.1) is 13.1 Å². The molecule has 0 amide bonds. The first-order chi connectivity index (χ1) is 15.7. The molecule has 0 bridgehead atoms. The van der Waals surface area contributed by atoms with Crippen LogP contribution in [0.1, 0.15) is 11.1 Å². The number of pyridine rings is 1. The van der Waals surface area contributed by atoms with Crippen LogP contribution >= 0.6 is 0 Å². The van der Waals surface area contributed by atoms with E-state index in [1.54, 1.807) is 22.9 Å². The maximum absolute atomic E-state index is 11.8. The SMILES string of the molecule is NC(=NCc1ccc(Cn2ccccc2=O)cc1)Nc1cccc(Oc2ccccc2)c1. The molecule has 0 aliphatic heterocycles. The summed E-state index contributed by atoms with van der Waals surface area (Å²) in [6.45, 7) is 0.985. The summed E-state index contributed by atoms with van der Waals surface area (Å²) in [7, 11) is 0. The minimum atomic E-state index is -0.0155. The summed E-state index contributed by atoms with van der Waals surface area (Å²) in [4.78, 5) is 16.3. The fourth-order valence-electron chi connectivity index (χ4n) is 3.16. The fraction of sp³-hybridized carbons (Fsp3) is 0.0769. The van der Waals surface area contributed by atoms with Crippen LogP contribution in [0.2, 0.25) is 0 Å². The van der Waals surface area contributed by atoms with Gasteiger partial charge in [-0.1, -0.05) is 54.6 Å². The third kappa shape index (κ3) is 5.86. The normalized spacial score (nSPS) is 11.2. The molecule has 0 saturated heterocycles. The van der Waals surface area contributed by atoms with E-state index in [4.69, 9.17) is 10.5 Å². The van der Waals surface area contributed by atoms with Crippen LogP contribution in [-0.2, 0) is 13.1 Å².